The van der Waals surface area contributed by atoms with Crippen LogP contribution in [0.5, 0.6) is 0 Å². The van der Waals surface area contributed by atoms with Crippen LogP contribution in [-0.4, -0.2) is 18.0 Å². The van der Waals surface area contributed by atoms with Crippen molar-refractivity contribution in [2.45, 2.75) is 38.7 Å². The Morgan fingerprint density at radius 3 is 2.32 bits per heavy atom. The van der Waals surface area contributed by atoms with Gasteiger partial charge in [-0.2, -0.15) is 13.2 Å². The number of hydrogen-bond donors (Lipinski definition) is 2. The van der Waals surface area contributed by atoms with Crippen LogP contribution in [0.2, 0.25) is 0 Å². The first-order valence-electron chi connectivity index (χ1n) is 8.61. The third-order valence-electron chi connectivity index (χ3n) is 4.01. The molecular formula is C20H21F3N2O3. The molecule has 8 heteroatoms. The minimum Gasteiger partial charge on any atom is -0.445 e. The zero-order chi connectivity index (χ0) is 20.7. The van der Waals surface area contributed by atoms with Crippen molar-refractivity contribution in [2.75, 3.05) is 0 Å². The highest BCUT2D eigenvalue weighted by molar-refractivity contribution is 5.85. The van der Waals surface area contributed by atoms with Crippen LogP contribution in [0, 0.1) is 0 Å². The number of hydrogen-bond acceptors (Lipinski definition) is 3. The van der Waals surface area contributed by atoms with E-state index in [1.54, 1.807) is 19.1 Å². The molecule has 2 atom stereocenters. The van der Waals surface area contributed by atoms with Gasteiger partial charge in [0.05, 0.1) is 11.6 Å². The van der Waals surface area contributed by atoms with Gasteiger partial charge in [0.15, 0.2) is 0 Å². The van der Waals surface area contributed by atoms with Gasteiger partial charge in [0.25, 0.3) is 0 Å². The SMILES string of the molecule is CC(NC(=O)[C@H](C)NC(=O)OCc1ccccc1)c1cccc(C(F)(F)F)c1. The van der Waals surface area contributed by atoms with Crippen molar-refractivity contribution in [3.05, 3.63) is 71.3 Å². The van der Waals surface area contributed by atoms with Crippen LogP contribution >= 0.6 is 0 Å². The van der Waals surface area contributed by atoms with Gasteiger partial charge in [-0.1, -0.05) is 42.5 Å². The number of benzene rings is 2. The normalized spacial score (nSPS) is 13.3. The van der Waals surface area contributed by atoms with Crippen molar-refractivity contribution in [3.63, 3.8) is 0 Å². The van der Waals surface area contributed by atoms with E-state index >= 15 is 0 Å². The fourth-order valence-corrected chi connectivity index (χ4v) is 2.41. The molecule has 150 valence electrons. The van der Waals surface area contributed by atoms with Crippen molar-refractivity contribution in [1.82, 2.24) is 10.6 Å². The van der Waals surface area contributed by atoms with E-state index in [1.807, 2.05) is 18.2 Å². The lowest BCUT2D eigenvalue weighted by molar-refractivity contribution is -0.137. The molecule has 2 aromatic carbocycles. The van der Waals surface area contributed by atoms with E-state index in [1.165, 1.54) is 19.1 Å². The van der Waals surface area contributed by atoms with E-state index in [0.717, 1.165) is 17.7 Å². The Balaban J connectivity index is 1.86. The highest BCUT2D eigenvalue weighted by Crippen LogP contribution is 2.30. The summed E-state index contributed by atoms with van der Waals surface area (Å²) < 4.78 is 43.5. The number of carbonyl (C=O) groups is 2. The quantitative estimate of drug-likeness (QED) is 0.772. The lowest BCUT2D eigenvalue weighted by Crippen LogP contribution is -2.45. The summed E-state index contributed by atoms with van der Waals surface area (Å²) in [6.07, 6.45) is -5.23. The van der Waals surface area contributed by atoms with E-state index in [9.17, 15) is 22.8 Å². The Kier molecular flexibility index (Phi) is 7.03. The Morgan fingerprint density at radius 1 is 1.00 bits per heavy atom. The second-order valence-corrected chi connectivity index (χ2v) is 6.28. The number of amides is 2. The summed E-state index contributed by atoms with van der Waals surface area (Å²) in [5.41, 5.74) is 0.316. The van der Waals surface area contributed by atoms with Crippen LogP contribution in [0.15, 0.2) is 54.6 Å². The van der Waals surface area contributed by atoms with Gasteiger partial charge < -0.3 is 15.4 Å². The van der Waals surface area contributed by atoms with E-state index in [0.29, 0.717) is 5.56 Å². The molecule has 5 nitrogen and oxygen atoms in total. The van der Waals surface area contributed by atoms with Crippen LogP contribution in [0.3, 0.4) is 0 Å². The number of halogens is 3. The molecule has 0 saturated carbocycles. The summed E-state index contributed by atoms with van der Waals surface area (Å²) in [5, 5.41) is 4.97. The van der Waals surface area contributed by atoms with Crippen LogP contribution < -0.4 is 10.6 Å². The number of alkyl halides is 3. The highest BCUT2D eigenvalue weighted by Gasteiger charge is 2.31. The third-order valence-corrected chi connectivity index (χ3v) is 4.01. The maximum absolute atomic E-state index is 12.8. The molecular weight excluding hydrogens is 373 g/mol. The minimum atomic E-state index is -4.46. The smallest absolute Gasteiger partial charge is 0.416 e. The maximum atomic E-state index is 12.8. The monoisotopic (exact) mass is 394 g/mol. The standard InChI is InChI=1S/C20H21F3N2O3/c1-13(16-9-6-10-17(11-16)20(21,22)23)24-18(26)14(2)25-19(27)28-12-15-7-4-3-5-8-15/h3-11,13-14H,12H2,1-2H3,(H,24,26)(H,25,27)/t13?,14-/m0/s1. The van der Waals surface area contributed by atoms with Crippen LogP contribution in [-0.2, 0) is 22.3 Å². The summed E-state index contributed by atoms with van der Waals surface area (Å²) in [7, 11) is 0. The molecule has 0 aliphatic carbocycles. The van der Waals surface area contributed by atoms with Gasteiger partial charge in [0.2, 0.25) is 5.91 Å². The molecule has 0 spiro atoms. The van der Waals surface area contributed by atoms with Gasteiger partial charge in [-0.15, -0.1) is 0 Å². The lowest BCUT2D eigenvalue weighted by atomic mass is 10.0. The molecule has 2 N–H and O–H groups in total. The summed E-state index contributed by atoms with van der Waals surface area (Å²) >= 11 is 0. The molecule has 2 aromatic rings. The van der Waals surface area contributed by atoms with E-state index < -0.39 is 35.8 Å². The predicted octanol–water partition coefficient (Wildman–Crippen LogP) is 4.20. The van der Waals surface area contributed by atoms with Gasteiger partial charge in [-0.25, -0.2) is 4.79 Å². The first kappa shape index (κ1) is 21.3. The Bertz CT molecular complexity index is 810. The largest absolute Gasteiger partial charge is 0.445 e. The van der Waals surface area contributed by atoms with E-state index in [2.05, 4.69) is 10.6 Å². The van der Waals surface area contributed by atoms with Crippen molar-refractivity contribution in [2.24, 2.45) is 0 Å². The molecule has 0 fully saturated rings. The highest BCUT2D eigenvalue weighted by atomic mass is 19.4. The molecule has 0 radical (unpaired) electrons. The van der Waals surface area contributed by atoms with Crippen LogP contribution in [0.1, 0.15) is 36.6 Å². The van der Waals surface area contributed by atoms with Gasteiger partial charge in [-0.05, 0) is 37.1 Å². The average molecular weight is 394 g/mol. The molecule has 0 bridgehead atoms. The fraction of sp³-hybridized carbons (Fsp3) is 0.300. The van der Waals surface area contributed by atoms with Crippen LogP contribution in [0.4, 0.5) is 18.0 Å². The fourth-order valence-electron chi connectivity index (χ4n) is 2.41. The number of rotatable bonds is 6. The predicted molar refractivity (Wildman–Crippen MR) is 97.2 cm³/mol. The summed E-state index contributed by atoms with van der Waals surface area (Å²) in [6, 6.07) is 12.2. The molecule has 0 heterocycles. The van der Waals surface area contributed by atoms with Gasteiger partial charge in [0, 0.05) is 0 Å². The van der Waals surface area contributed by atoms with Crippen molar-refractivity contribution in [3.8, 4) is 0 Å². The van der Waals surface area contributed by atoms with Crippen molar-refractivity contribution >= 4 is 12.0 Å². The molecule has 0 aliphatic rings. The maximum Gasteiger partial charge on any atom is 0.416 e. The zero-order valence-corrected chi connectivity index (χ0v) is 15.4. The minimum absolute atomic E-state index is 0.0572. The van der Waals surface area contributed by atoms with E-state index in [-0.39, 0.29) is 6.61 Å². The third kappa shape index (κ3) is 6.29. The molecule has 28 heavy (non-hydrogen) atoms. The summed E-state index contributed by atoms with van der Waals surface area (Å²) in [6.45, 7) is 3.08. The molecule has 2 rings (SSSR count). The second kappa shape index (κ2) is 9.25. The van der Waals surface area contributed by atoms with Gasteiger partial charge in [0.1, 0.15) is 12.6 Å². The van der Waals surface area contributed by atoms with Crippen LogP contribution in [0.25, 0.3) is 0 Å². The van der Waals surface area contributed by atoms with Crippen molar-refractivity contribution in [1.29, 1.82) is 0 Å². The second-order valence-electron chi connectivity index (χ2n) is 6.28. The summed E-state index contributed by atoms with van der Waals surface area (Å²) in [4.78, 5) is 24.0. The first-order valence-corrected chi connectivity index (χ1v) is 8.61. The zero-order valence-electron chi connectivity index (χ0n) is 15.4. The molecule has 1 unspecified atom stereocenters. The van der Waals surface area contributed by atoms with E-state index in [4.69, 9.17) is 4.74 Å². The summed E-state index contributed by atoms with van der Waals surface area (Å²) in [5.74, 6) is -0.540. The molecule has 0 aromatic heterocycles. The molecule has 0 saturated heterocycles. The van der Waals surface area contributed by atoms with Gasteiger partial charge >= 0.3 is 12.3 Å². The Morgan fingerprint density at radius 2 is 1.68 bits per heavy atom. The number of carbonyl (C=O) groups excluding carboxylic acids is 2. The lowest BCUT2D eigenvalue weighted by Gasteiger charge is -2.19. The number of nitrogens with one attached hydrogen (secondary N) is 2. The molecule has 0 aliphatic heterocycles. The first-order chi connectivity index (χ1) is 13.2. The Labute approximate surface area is 160 Å². The molecule has 2 amide bonds. The van der Waals surface area contributed by atoms with Crippen molar-refractivity contribution < 1.29 is 27.5 Å². The number of ether oxygens (including phenoxy) is 1. The number of alkyl carbamates (subject to hydrolysis) is 1. The Hall–Kier alpha value is -3.03. The average Bonchev–Trinajstić information content (AvgIpc) is 2.66. The van der Waals surface area contributed by atoms with Gasteiger partial charge in [-0.3, -0.25) is 4.79 Å². The topological polar surface area (TPSA) is 67.4 Å².